The SMILES string of the molecule is C=CCn1c(SCC(=O)c2ccc(C)c(C)c2)nc2sc3c(c2c1=O)CC[C@@H](C)C3. The number of thioether (sulfide) groups is 1. The Morgan fingerprint density at radius 1 is 1.37 bits per heavy atom. The van der Waals surface area contributed by atoms with Gasteiger partial charge in [-0.15, -0.1) is 17.9 Å². The van der Waals surface area contributed by atoms with Crippen LogP contribution in [0.5, 0.6) is 0 Å². The molecule has 0 saturated heterocycles. The average molecular weight is 439 g/mol. The van der Waals surface area contributed by atoms with Crippen molar-refractivity contribution in [2.45, 2.75) is 51.7 Å². The maximum atomic E-state index is 13.3. The number of rotatable bonds is 6. The number of hydrogen-bond donors (Lipinski definition) is 0. The number of aromatic nitrogens is 2. The summed E-state index contributed by atoms with van der Waals surface area (Å²) < 4.78 is 1.67. The summed E-state index contributed by atoms with van der Waals surface area (Å²) in [6, 6.07) is 5.77. The van der Waals surface area contributed by atoms with E-state index in [9.17, 15) is 9.59 Å². The van der Waals surface area contributed by atoms with Gasteiger partial charge in [-0.1, -0.05) is 36.9 Å². The van der Waals surface area contributed by atoms with E-state index >= 15 is 0 Å². The molecule has 4 rings (SSSR count). The topological polar surface area (TPSA) is 52.0 Å². The van der Waals surface area contributed by atoms with E-state index in [1.54, 1.807) is 22.0 Å². The average Bonchev–Trinajstić information content (AvgIpc) is 3.08. The molecule has 3 aromatic rings. The maximum Gasteiger partial charge on any atom is 0.263 e. The van der Waals surface area contributed by atoms with E-state index in [1.165, 1.54) is 27.8 Å². The normalized spacial score (nSPS) is 15.9. The monoisotopic (exact) mass is 438 g/mol. The lowest BCUT2D eigenvalue weighted by atomic mass is 9.89. The van der Waals surface area contributed by atoms with Crippen LogP contribution >= 0.6 is 23.1 Å². The molecule has 0 unspecified atom stereocenters. The van der Waals surface area contributed by atoms with E-state index in [2.05, 4.69) is 13.5 Å². The van der Waals surface area contributed by atoms with Crippen LogP contribution in [-0.2, 0) is 19.4 Å². The van der Waals surface area contributed by atoms with E-state index in [0.717, 1.165) is 35.0 Å². The smallest absolute Gasteiger partial charge is 0.263 e. The highest BCUT2D eigenvalue weighted by Gasteiger charge is 2.24. The van der Waals surface area contributed by atoms with Crippen LogP contribution in [0.2, 0.25) is 0 Å². The van der Waals surface area contributed by atoms with Crippen LogP contribution in [0.4, 0.5) is 0 Å². The van der Waals surface area contributed by atoms with Gasteiger partial charge in [0.1, 0.15) is 4.83 Å². The zero-order valence-electron chi connectivity index (χ0n) is 17.7. The molecule has 0 aliphatic heterocycles. The van der Waals surface area contributed by atoms with Gasteiger partial charge in [0.15, 0.2) is 10.9 Å². The summed E-state index contributed by atoms with van der Waals surface area (Å²) in [6.45, 7) is 10.5. The van der Waals surface area contributed by atoms with Crippen molar-refractivity contribution in [3.63, 3.8) is 0 Å². The Balaban J connectivity index is 1.68. The first-order valence-electron chi connectivity index (χ1n) is 10.3. The Morgan fingerprint density at radius 3 is 2.90 bits per heavy atom. The molecule has 0 N–H and O–H groups in total. The van der Waals surface area contributed by atoms with Crippen molar-refractivity contribution in [1.82, 2.24) is 9.55 Å². The van der Waals surface area contributed by atoms with Gasteiger partial charge in [0.25, 0.3) is 5.56 Å². The van der Waals surface area contributed by atoms with Crippen LogP contribution in [0, 0.1) is 19.8 Å². The van der Waals surface area contributed by atoms with Crippen molar-refractivity contribution >= 4 is 39.1 Å². The number of nitrogens with zero attached hydrogens (tertiary/aromatic N) is 2. The van der Waals surface area contributed by atoms with Gasteiger partial charge in [-0.25, -0.2) is 4.98 Å². The van der Waals surface area contributed by atoms with Crippen molar-refractivity contribution in [3.8, 4) is 0 Å². The van der Waals surface area contributed by atoms with Gasteiger partial charge in [-0.3, -0.25) is 14.2 Å². The first kappa shape index (κ1) is 21.1. The van der Waals surface area contributed by atoms with Crippen molar-refractivity contribution in [3.05, 3.63) is 68.3 Å². The highest BCUT2D eigenvalue weighted by atomic mass is 32.2. The zero-order chi connectivity index (χ0) is 21.4. The van der Waals surface area contributed by atoms with Crippen LogP contribution in [0.3, 0.4) is 0 Å². The summed E-state index contributed by atoms with van der Waals surface area (Å²) in [7, 11) is 0. The number of fused-ring (bicyclic) bond motifs is 3. The van der Waals surface area contributed by atoms with Gasteiger partial charge in [0.05, 0.1) is 11.1 Å². The predicted molar refractivity (Wildman–Crippen MR) is 126 cm³/mol. The number of Topliss-reactive ketones (excluding diaryl/α,β-unsaturated/α-hetero) is 1. The Labute approximate surface area is 185 Å². The predicted octanol–water partition coefficient (Wildman–Crippen LogP) is 5.36. The summed E-state index contributed by atoms with van der Waals surface area (Å²) in [5.74, 6) is 0.937. The number of hydrogen-bond acceptors (Lipinski definition) is 5. The second-order valence-corrected chi connectivity index (χ2v) is 10.2. The van der Waals surface area contributed by atoms with Gasteiger partial charge in [0, 0.05) is 17.0 Å². The lowest BCUT2D eigenvalue weighted by molar-refractivity contribution is 0.102. The molecular weight excluding hydrogens is 412 g/mol. The van der Waals surface area contributed by atoms with E-state index < -0.39 is 0 Å². The first-order chi connectivity index (χ1) is 14.4. The molecule has 30 heavy (non-hydrogen) atoms. The third kappa shape index (κ3) is 3.91. The maximum absolute atomic E-state index is 13.3. The zero-order valence-corrected chi connectivity index (χ0v) is 19.3. The molecular formula is C24H26N2O2S2. The first-order valence-corrected chi connectivity index (χ1v) is 12.1. The van der Waals surface area contributed by atoms with Crippen LogP contribution in [0.25, 0.3) is 10.2 Å². The largest absolute Gasteiger partial charge is 0.293 e. The fraction of sp³-hybridized carbons (Fsp3) is 0.375. The summed E-state index contributed by atoms with van der Waals surface area (Å²) >= 11 is 2.98. The minimum absolute atomic E-state index is 0.00641. The molecule has 156 valence electrons. The number of aryl methyl sites for hydroxylation is 3. The Hall–Kier alpha value is -2.18. The van der Waals surface area contributed by atoms with E-state index in [-0.39, 0.29) is 17.1 Å². The molecule has 0 amide bonds. The summed E-state index contributed by atoms with van der Waals surface area (Å²) in [6.07, 6.45) is 4.79. The van der Waals surface area contributed by atoms with Gasteiger partial charge >= 0.3 is 0 Å². The number of allylic oxidation sites excluding steroid dienone is 1. The van der Waals surface area contributed by atoms with Gasteiger partial charge in [-0.05, 0) is 61.8 Å². The molecule has 0 spiro atoms. The molecule has 2 aromatic heterocycles. The summed E-state index contributed by atoms with van der Waals surface area (Å²) in [5.41, 5.74) is 4.15. The lowest BCUT2D eigenvalue weighted by Crippen LogP contribution is -2.24. The molecule has 1 aliphatic rings. The third-order valence-electron chi connectivity index (χ3n) is 5.85. The Morgan fingerprint density at radius 2 is 2.17 bits per heavy atom. The lowest BCUT2D eigenvalue weighted by Gasteiger charge is -2.17. The number of carbonyl (C=O) groups excluding carboxylic acids is 1. The Kier molecular flexibility index (Phi) is 5.98. The van der Waals surface area contributed by atoms with Crippen molar-refractivity contribution < 1.29 is 4.79 Å². The summed E-state index contributed by atoms with van der Waals surface area (Å²) in [4.78, 5) is 33.0. The van der Waals surface area contributed by atoms with E-state index in [0.29, 0.717) is 23.2 Å². The molecule has 0 fully saturated rings. The highest BCUT2D eigenvalue weighted by molar-refractivity contribution is 7.99. The number of carbonyl (C=O) groups is 1. The quantitative estimate of drug-likeness (QED) is 0.225. The molecule has 6 heteroatoms. The van der Waals surface area contributed by atoms with E-state index in [4.69, 9.17) is 4.98 Å². The number of ketones is 1. The van der Waals surface area contributed by atoms with Crippen LogP contribution in [0.1, 0.15) is 45.3 Å². The fourth-order valence-corrected chi connectivity index (χ4v) is 6.26. The Bertz CT molecular complexity index is 1210. The van der Waals surface area contributed by atoms with Crippen molar-refractivity contribution in [2.75, 3.05) is 5.75 Å². The highest BCUT2D eigenvalue weighted by Crippen LogP contribution is 2.36. The summed E-state index contributed by atoms with van der Waals surface area (Å²) in [5, 5.41) is 1.37. The van der Waals surface area contributed by atoms with Crippen LogP contribution < -0.4 is 5.56 Å². The standard InChI is InChI=1S/C24H26N2O2S2/c1-5-10-26-23(28)21-18-9-6-14(2)11-20(18)30-22(21)25-24(26)29-13-19(27)17-8-7-15(3)16(4)12-17/h5,7-8,12,14H,1,6,9-11,13H2,2-4H3/t14-/m1/s1. The van der Waals surface area contributed by atoms with Crippen LogP contribution in [-0.4, -0.2) is 21.1 Å². The second kappa shape index (κ2) is 8.52. The molecule has 0 radical (unpaired) electrons. The molecule has 0 bridgehead atoms. The molecule has 1 aromatic carbocycles. The van der Waals surface area contributed by atoms with Gasteiger partial charge in [-0.2, -0.15) is 0 Å². The fourth-order valence-electron chi connectivity index (χ4n) is 3.93. The number of thiophene rings is 1. The molecule has 0 saturated carbocycles. The number of benzene rings is 1. The minimum Gasteiger partial charge on any atom is -0.293 e. The molecule has 4 nitrogen and oxygen atoms in total. The minimum atomic E-state index is -0.00641. The third-order valence-corrected chi connectivity index (χ3v) is 7.98. The van der Waals surface area contributed by atoms with E-state index in [1.807, 2.05) is 32.0 Å². The van der Waals surface area contributed by atoms with Crippen LogP contribution in [0.15, 0.2) is 40.8 Å². The van der Waals surface area contributed by atoms with Crippen molar-refractivity contribution in [1.29, 1.82) is 0 Å². The molecule has 1 atom stereocenters. The molecule has 2 heterocycles. The second-order valence-electron chi connectivity index (χ2n) is 8.14. The van der Waals surface area contributed by atoms with Gasteiger partial charge in [0.2, 0.25) is 0 Å². The van der Waals surface area contributed by atoms with Gasteiger partial charge < -0.3 is 0 Å². The van der Waals surface area contributed by atoms with Crippen molar-refractivity contribution in [2.24, 2.45) is 5.92 Å². The molecule has 1 aliphatic carbocycles.